The maximum Gasteiger partial charge on any atom is 0.293 e. The Morgan fingerprint density at radius 1 is 1.30 bits per heavy atom. The van der Waals surface area contributed by atoms with Crippen LogP contribution in [0, 0.1) is 11.3 Å². The zero-order valence-corrected chi connectivity index (χ0v) is 13.6. The van der Waals surface area contributed by atoms with E-state index in [4.69, 9.17) is 5.26 Å². The van der Waals surface area contributed by atoms with Gasteiger partial charge in [-0.3, -0.25) is 14.5 Å². The summed E-state index contributed by atoms with van der Waals surface area (Å²) in [5.74, 6) is -0.257. The summed E-state index contributed by atoms with van der Waals surface area (Å²) in [7, 11) is 0. The Hall–Kier alpha value is -2.52. The van der Waals surface area contributed by atoms with E-state index in [-0.39, 0.29) is 23.7 Å². The quantitative estimate of drug-likeness (QED) is 0.809. The third-order valence-corrected chi connectivity index (χ3v) is 4.57. The van der Waals surface area contributed by atoms with Crippen molar-refractivity contribution in [2.24, 2.45) is 0 Å². The molecule has 0 saturated carbocycles. The predicted molar refractivity (Wildman–Crippen MR) is 90.5 cm³/mol. The number of hydrogen-bond donors (Lipinski definition) is 0. The van der Waals surface area contributed by atoms with E-state index in [0.717, 1.165) is 28.2 Å². The Morgan fingerprint density at radius 2 is 2.04 bits per heavy atom. The number of benzene rings is 1. The van der Waals surface area contributed by atoms with E-state index in [0.29, 0.717) is 4.91 Å². The van der Waals surface area contributed by atoms with Crippen LogP contribution in [0.15, 0.2) is 35.4 Å². The maximum atomic E-state index is 12.4. The number of nitriles is 1. The first-order valence-corrected chi connectivity index (χ1v) is 8.06. The van der Waals surface area contributed by atoms with E-state index < -0.39 is 0 Å². The lowest BCUT2D eigenvalue weighted by Gasteiger charge is -2.16. The van der Waals surface area contributed by atoms with Gasteiger partial charge in [0.25, 0.3) is 11.1 Å². The van der Waals surface area contributed by atoms with Gasteiger partial charge in [-0.2, -0.15) is 5.26 Å². The summed E-state index contributed by atoms with van der Waals surface area (Å²) < 4.78 is 1.84. The fourth-order valence-electron chi connectivity index (χ4n) is 2.66. The first-order chi connectivity index (χ1) is 11.0. The highest BCUT2D eigenvalue weighted by Crippen LogP contribution is 2.35. The van der Waals surface area contributed by atoms with Gasteiger partial charge < -0.3 is 4.57 Å². The number of rotatable bonds is 3. The molecule has 3 rings (SSSR count). The van der Waals surface area contributed by atoms with Crippen molar-refractivity contribution >= 4 is 39.9 Å². The average Bonchev–Trinajstić information content (AvgIpc) is 2.99. The first kappa shape index (κ1) is 15.4. The summed E-state index contributed by atoms with van der Waals surface area (Å²) in [6.07, 6.45) is 3.58. The molecule has 0 unspecified atom stereocenters. The van der Waals surface area contributed by atoms with Crippen LogP contribution in [0.2, 0.25) is 0 Å². The molecule has 6 heteroatoms. The number of para-hydroxylation sites is 1. The van der Waals surface area contributed by atoms with E-state index in [9.17, 15) is 9.59 Å². The van der Waals surface area contributed by atoms with Crippen molar-refractivity contribution in [3.05, 3.63) is 40.9 Å². The van der Waals surface area contributed by atoms with Crippen LogP contribution >= 0.6 is 11.8 Å². The Labute approximate surface area is 138 Å². The van der Waals surface area contributed by atoms with Crippen molar-refractivity contribution in [3.8, 4) is 6.07 Å². The van der Waals surface area contributed by atoms with Gasteiger partial charge in [0.15, 0.2) is 0 Å². The van der Waals surface area contributed by atoms with Gasteiger partial charge in [0, 0.05) is 28.7 Å². The molecule has 0 radical (unpaired) electrons. The van der Waals surface area contributed by atoms with E-state index in [1.54, 1.807) is 6.08 Å². The smallest absolute Gasteiger partial charge is 0.293 e. The average molecular weight is 325 g/mol. The summed E-state index contributed by atoms with van der Waals surface area (Å²) in [6, 6.07) is 9.67. The molecule has 1 saturated heterocycles. The lowest BCUT2D eigenvalue weighted by molar-refractivity contribution is -0.123. The largest absolute Gasteiger partial charge is 0.333 e. The molecule has 1 aliphatic rings. The first-order valence-electron chi connectivity index (χ1n) is 7.25. The molecule has 1 aliphatic heterocycles. The van der Waals surface area contributed by atoms with Crippen LogP contribution in [0.4, 0.5) is 4.79 Å². The van der Waals surface area contributed by atoms with E-state index in [1.165, 1.54) is 4.90 Å². The van der Waals surface area contributed by atoms with Crippen LogP contribution in [-0.2, 0) is 11.3 Å². The molecule has 0 N–H and O–H groups in total. The van der Waals surface area contributed by atoms with Gasteiger partial charge in [-0.15, -0.1) is 0 Å². The highest BCUT2D eigenvalue weighted by molar-refractivity contribution is 8.18. The van der Waals surface area contributed by atoms with Gasteiger partial charge in [-0.25, -0.2) is 0 Å². The van der Waals surface area contributed by atoms with Crippen LogP contribution in [0.5, 0.6) is 0 Å². The fourth-order valence-corrected chi connectivity index (χ4v) is 3.62. The van der Waals surface area contributed by atoms with Crippen molar-refractivity contribution in [1.29, 1.82) is 5.26 Å². The fraction of sp³-hybridized carbons (Fsp3) is 0.235. The normalized spacial score (nSPS) is 16.8. The number of carbonyl (C=O) groups excluding carboxylic acids is 2. The third kappa shape index (κ3) is 2.64. The maximum absolute atomic E-state index is 12.4. The summed E-state index contributed by atoms with van der Waals surface area (Å²) >= 11 is 0.960. The molecule has 2 heterocycles. The number of nitrogens with zero attached hydrogens (tertiary/aromatic N) is 3. The van der Waals surface area contributed by atoms with Crippen LogP contribution in [-0.4, -0.2) is 26.7 Å². The monoisotopic (exact) mass is 325 g/mol. The molecule has 2 amide bonds. The van der Waals surface area contributed by atoms with Gasteiger partial charge in [-0.05, 0) is 37.8 Å². The zero-order chi connectivity index (χ0) is 16.6. The molecule has 116 valence electrons. The topological polar surface area (TPSA) is 66.1 Å². The molecule has 2 aromatic rings. The van der Waals surface area contributed by atoms with Gasteiger partial charge in [0.1, 0.15) is 6.54 Å². The minimum absolute atomic E-state index is 0.159. The number of amides is 2. The van der Waals surface area contributed by atoms with Crippen molar-refractivity contribution in [3.63, 3.8) is 0 Å². The Balaban J connectivity index is 2.07. The van der Waals surface area contributed by atoms with Crippen LogP contribution in [0.1, 0.15) is 19.4 Å². The SMILES string of the molecule is CC(C)N1C(=O)S/C(=C/c2cn(CC#N)c3ccccc23)C1=O. The van der Waals surface area contributed by atoms with Gasteiger partial charge in [0.2, 0.25) is 0 Å². The molecule has 0 bridgehead atoms. The van der Waals surface area contributed by atoms with Crippen LogP contribution < -0.4 is 0 Å². The second-order valence-electron chi connectivity index (χ2n) is 5.53. The zero-order valence-electron chi connectivity index (χ0n) is 12.8. The third-order valence-electron chi connectivity index (χ3n) is 3.69. The van der Waals surface area contributed by atoms with Crippen molar-refractivity contribution < 1.29 is 9.59 Å². The molecule has 23 heavy (non-hydrogen) atoms. The lowest BCUT2D eigenvalue weighted by atomic mass is 10.1. The molecule has 0 atom stereocenters. The van der Waals surface area contributed by atoms with Crippen molar-refractivity contribution in [1.82, 2.24) is 9.47 Å². The summed E-state index contributed by atoms with van der Waals surface area (Å²) in [6.45, 7) is 3.87. The number of fused-ring (bicyclic) bond motifs is 1. The van der Waals surface area contributed by atoms with E-state index in [1.807, 2.05) is 48.9 Å². The highest BCUT2D eigenvalue weighted by atomic mass is 32.2. The minimum Gasteiger partial charge on any atom is -0.333 e. The molecular weight excluding hydrogens is 310 g/mol. The predicted octanol–water partition coefficient (Wildman–Crippen LogP) is 3.61. The molecule has 1 fully saturated rings. The van der Waals surface area contributed by atoms with Crippen molar-refractivity contribution in [2.75, 3.05) is 0 Å². The van der Waals surface area contributed by atoms with Crippen LogP contribution in [0.25, 0.3) is 17.0 Å². The Bertz CT molecular complexity index is 874. The molecular formula is C17H15N3O2S. The minimum atomic E-state index is -0.257. The van der Waals surface area contributed by atoms with Crippen LogP contribution in [0.3, 0.4) is 0 Å². The standard InChI is InChI=1S/C17H15N3O2S/c1-11(2)20-16(21)15(23-17(20)22)9-12-10-19(8-7-18)14-6-4-3-5-13(12)14/h3-6,9-11H,8H2,1-2H3/b15-9+. The van der Waals surface area contributed by atoms with Gasteiger partial charge in [0.05, 0.1) is 11.0 Å². The van der Waals surface area contributed by atoms with E-state index >= 15 is 0 Å². The van der Waals surface area contributed by atoms with Gasteiger partial charge >= 0.3 is 0 Å². The summed E-state index contributed by atoms with van der Waals surface area (Å²) in [5, 5.41) is 9.67. The number of hydrogen-bond acceptors (Lipinski definition) is 4. The van der Waals surface area contributed by atoms with E-state index in [2.05, 4.69) is 6.07 Å². The second kappa shape index (κ2) is 5.94. The Morgan fingerprint density at radius 3 is 2.70 bits per heavy atom. The summed E-state index contributed by atoms with van der Waals surface area (Å²) in [4.78, 5) is 26.1. The molecule has 5 nitrogen and oxygen atoms in total. The molecule has 1 aromatic heterocycles. The highest BCUT2D eigenvalue weighted by Gasteiger charge is 2.36. The number of aromatic nitrogens is 1. The number of imide groups is 1. The Kier molecular flexibility index (Phi) is 3.97. The molecule has 0 spiro atoms. The van der Waals surface area contributed by atoms with Gasteiger partial charge in [-0.1, -0.05) is 18.2 Å². The number of carbonyl (C=O) groups is 2. The molecule has 0 aliphatic carbocycles. The summed E-state index contributed by atoms with van der Waals surface area (Å²) in [5.41, 5.74) is 1.77. The van der Waals surface area contributed by atoms with Crippen molar-refractivity contribution in [2.45, 2.75) is 26.4 Å². The molecule has 1 aromatic carbocycles. The second-order valence-corrected chi connectivity index (χ2v) is 6.53. The lowest BCUT2D eigenvalue weighted by Crippen LogP contribution is -2.34. The number of thioether (sulfide) groups is 1.